The van der Waals surface area contributed by atoms with Crippen molar-refractivity contribution in [2.24, 2.45) is 5.92 Å². The summed E-state index contributed by atoms with van der Waals surface area (Å²) in [6, 6.07) is 4.37. The van der Waals surface area contributed by atoms with Crippen LogP contribution >= 0.6 is 0 Å². The minimum Gasteiger partial charge on any atom is -0.381 e. The second-order valence-corrected chi connectivity index (χ2v) is 6.66. The lowest BCUT2D eigenvalue weighted by Gasteiger charge is -2.10. The Morgan fingerprint density at radius 2 is 2.24 bits per heavy atom. The molecule has 1 amide bonds. The first-order valence-electron chi connectivity index (χ1n) is 8.50. The summed E-state index contributed by atoms with van der Waals surface area (Å²) >= 11 is 0. The van der Waals surface area contributed by atoms with Crippen molar-refractivity contribution in [3.63, 3.8) is 0 Å². The summed E-state index contributed by atoms with van der Waals surface area (Å²) in [5.41, 5.74) is 0.739. The number of rotatable bonds is 8. The fraction of sp³-hybridized carbons (Fsp3) is 0.529. The number of carbonyl (C=O) groups excluding carboxylic acids is 1. The Kier molecular flexibility index (Phi) is 5.37. The maximum Gasteiger partial charge on any atom is 0.226 e. The summed E-state index contributed by atoms with van der Waals surface area (Å²) in [7, 11) is 0. The van der Waals surface area contributed by atoms with Crippen LogP contribution in [0.3, 0.4) is 0 Å². The van der Waals surface area contributed by atoms with Crippen molar-refractivity contribution in [1.82, 2.24) is 20.2 Å². The highest BCUT2D eigenvalue weighted by Crippen LogP contribution is 2.39. The molecule has 7 nitrogen and oxygen atoms in total. The third-order valence-corrected chi connectivity index (χ3v) is 3.82. The lowest BCUT2D eigenvalue weighted by atomic mass is 10.2. The standard InChI is InChI=1S/C17H22FN5O2/c1-11(2)10-25-8-7-16(24)19-13-5-6-14(18)15(9-13)23-17(12-3-4-12)20-21-22-23/h5-6,9,11-12H,3-4,7-8,10H2,1-2H3,(H,19,24). The zero-order valence-corrected chi connectivity index (χ0v) is 14.4. The molecule has 0 saturated heterocycles. The van der Waals surface area contributed by atoms with E-state index < -0.39 is 5.82 Å². The molecule has 1 aliphatic rings. The maximum atomic E-state index is 14.2. The van der Waals surface area contributed by atoms with Crippen LogP contribution in [0, 0.1) is 11.7 Å². The summed E-state index contributed by atoms with van der Waals surface area (Å²) < 4.78 is 21.0. The highest BCUT2D eigenvalue weighted by atomic mass is 19.1. The minimum absolute atomic E-state index is 0.180. The fourth-order valence-electron chi connectivity index (χ4n) is 2.42. The van der Waals surface area contributed by atoms with Crippen LogP contribution in [0.5, 0.6) is 0 Å². The first kappa shape index (κ1) is 17.5. The van der Waals surface area contributed by atoms with Crippen molar-refractivity contribution in [1.29, 1.82) is 0 Å². The number of anilines is 1. The van der Waals surface area contributed by atoms with Gasteiger partial charge in [-0.3, -0.25) is 4.79 Å². The van der Waals surface area contributed by atoms with E-state index in [-0.39, 0.29) is 23.9 Å². The normalized spacial score (nSPS) is 14.1. The van der Waals surface area contributed by atoms with Crippen molar-refractivity contribution in [3.05, 3.63) is 29.8 Å². The number of nitrogens with one attached hydrogen (secondary N) is 1. The van der Waals surface area contributed by atoms with Gasteiger partial charge in [-0.25, -0.2) is 4.39 Å². The van der Waals surface area contributed by atoms with Gasteiger partial charge in [-0.05, 0) is 47.4 Å². The molecule has 3 rings (SSSR count). The summed E-state index contributed by atoms with van der Waals surface area (Å²) in [6.07, 6.45) is 2.27. The number of aromatic nitrogens is 4. The van der Waals surface area contributed by atoms with Crippen LogP contribution in [0.2, 0.25) is 0 Å². The van der Waals surface area contributed by atoms with Crippen LogP contribution in [0.15, 0.2) is 18.2 Å². The molecule has 0 unspecified atom stereocenters. The number of halogens is 1. The SMILES string of the molecule is CC(C)COCCC(=O)Nc1ccc(F)c(-n2nnnc2C2CC2)c1. The van der Waals surface area contributed by atoms with Gasteiger partial charge in [0, 0.05) is 18.2 Å². The molecule has 0 radical (unpaired) electrons. The van der Waals surface area contributed by atoms with E-state index in [2.05, 4.69) is 34.7 Å². The second kappa shape index (κ2) is 7.69. The molecule has 0 spiro atoms. The molecular formula is C17H22FN5O2. The number of ether oxygens (including phenoxy) is 1. The predicted octanol–water partition coefficient (Wildman–Crippen LogP) is 2.68. The first-order chi connectivity index (χ1) is 12.0. The van der Waals surface area contributed by atoms with Gasteiger partial charge < -0.3 is 10.1 Å². The molecule has 0 bridgehead atoms. The smallest absolute Gasteiger partial charge is 0.226 e. The Morgan fingerprint density at radius 3 is 2.96 bits per heavy atom. The average Bonchev–Trinajstić information content (AvgIpc) is 3.30. The van der Waals surface area contributed by atoms with Gasteiger partial charge in [-0.15, -0.1) is 5.10 Å². The van der Waals surface area contributed by atoms with E-state index >= 15 is 0 Å². The number of tetrazole rings is 1. The topological polar surface area (TPSA) is 81.9 Å². The lowest BCUT2D eigenvalue weighted by Crippen LogP contribution is -2.16. The molecule has 1 aliphatic carbocycles. The monoisotopic (exact) mass is 347 g/mol. The molecule has 1 aromatic heterocycles. The van der Waals surface area contributed by atoms with E-state index in [1.807, 2.05) is 0 Å². The summed E-state index contributed by atoms with van der Waals surface area (Å²) in [5.74, 6) is 0.753. The Balaban J connectivity index is 1.65. The van der Waals surface area contributed by atoms with E-state index in [9.17, 15) is 9.18 Å². The highest BCUT2D eigenvalue weighted by Gasteiger charge is 2.30. The van der Waals surface area contributed by atoms with Gasteiger partial charge in [0.2, 0.25) is 5.91 Å². The minimum atomic E-state index is -0.438. The molecule has 8 heteroatoms. The molecule has 1 aromatic carbocycles. The fourth-order valence-corrected chi connectivity index (χ4v) is 2.42. The van der Waals surface area contributed by atoms with Crippen LogP contribution in [-0.2, 0) is 9.53 Å². The van der Waals surface area contributed by atoms with E-state index in [1.165, 1.54) is 16.8 Å². The number of nitrogens with zero attached hydrogens (tertiary/aromatic N) is 4. The van der Waals surface area contributed by atoms with Gasteiger partial charge in [-0.1, -0.05) is 13.8 Å². The molecule has 1 fully saturated rings. The van der Waals surface area contributed by atoms with Gasteiger partial charge >= 0.3 is 0 Å². The number of benzene rings is 1. The van der Waals surface area contributed by atoms with Gasteiger partial charge in [0.05, 0.1) is 13.0 Å². The molecule has 1 saturated carbocycles. The predicted molar refractivity (Wildman–Crippen MR) is 90.0 cm³/mol. The molecule has 25 heavy (non-hydrogen) atoms. The van der Waals surface area contributed by atoms with Gasteiger partial charge in [0.25, 0.3) is 0 Å². The Hall–Kier alpha value is -2.35. The van der Waals surface area contributed by atoms with Gasteiger partial charge in [0.15, 0.2) is 5.82 Å². The van der Waals surface area contributed by atoms with E-state index in [0.717, 1.165) is 12.8 Å². The Morgan fingerprint density at radius 1 is 1.44 bits per heavy atom. The number of amides is 1. The largest absolute Gasteiger partial charge is 0.381 e. The van der Waals surface area contributed by atoms with Crippen molar-refractivity contribution < 1.29 is 13.9 Å². The second-order valence-electron chi connectivity index (χ2n) is 6.66. The summed E-state index contributed by atoms with van der Waals surface area (Å²) in [4.78, 5) is 12.0. The van der Waals surface area contributed by atoms with Gasteiger partial charge in [-0.2, -0.15) is 4.68 Å². The van der Waals surface area contributed by atoms with Crippen molar-refractivity contribution in [2.75, 3.05) is 18.5 Å². The number of hydrogen-bond donors (Lipinski definition) is 1. The molecule has 134 valence electrons. The van der Waals surface area contributed by atoms with Crippen molar-refractivity contribution in [2.45, 2.75) is 39.0 Å². The van der Waals surface area contributed by atoms with Crippen LogP contribution in [0.4, 0.5) is 10.1 Å². The number of carbonyl (C=O) groups is 1. The average molecular weight is 347 g/mol. The van der Waals surface area contributed by atoms with Crippen molar-refractivity contribution >= 4 is 11.6 Å². The molecule has 0 aliphatic heterocycles. The van der Waals surface area contributed by atoms with Crippen LogP contribution in [0.25, 0.3) is 5.69 Å². The van der Waals surface area contributed by atoms with Crippen LogP contribution in [-0.4, -0.2) is 39.3 Å². The first-order valence-corrected chi connectivity index (χ1v) is 8.50. The Bertz CT molecular complexity index is 742. The van der Waals surface area contributed by atoms with Crippen molar-refractivity contribution in [3.8, 4) is 5.69 Å². The molecule has 1 N–H and O–H groups in total. The lowest BCUT2D eigenvalue weighted by molar-refractivity contribution is -0.117. The summed E-state index contributed by atoms with van der Waals surface area (Å²) in [6.45, 7) is 5.08. The third kappa shape index (κ3) is 4.60. The van der Waals surface area contributed by atoms with E-state index in [1.54, 1.807) is 6.07 Å². The van der Waals surface area contributed by atoms with Gasteiger partial charge in [0.1, 0.15) is 11.5 Å². The molecule has 2 aromatic rings. The zero-order valence-electron chi connectivity index (χ0n) is 14.4. The van der Waals surface area contributed by atoms with Crippen LogP contribution in [0.1, 0.15) is 44.9 Å². The van der Waals surface area contributed by atoms with E-state index in [4.69, 9.17) is 4.74 Å². The zero-order chi connectivity index (χ0) is 17.8. The molecule has 0 atom stereocenters. The third-order valence-electron chi connectivity index (χ3n) is 3.82. The molecule has 1 heterocycles. The molecular weight excluding hydrogens is 325 g/mol. The maximum absolute atomic E-state index is 14.2. The van der Waals surface area contributed by atoms with Crippen LogP contribution < -0.4 is 5.32 Å². The van der Waals surface area contributed by atoms with E-state index in [0.29, 0.717) is 30.6 Å². The number of hydrogen-bond acceptors (Lipinski definition) is 5. The Labute approximate surface area is 145 Å². The highest BCUT2D eigenvalue weighted by molar-refractivity contribution is 5.91. The summed E-state index contributed by atoms with van der Waals surface area (Å²) in [5, 5.41) is 14.3. The quantitative estimate of drug-likeness (QED) is 0.743.